The summed E-state index contributed by atoms with van der Waals surface area (Å²) in [5, 5.41) is 3.22. The number of carbonyl (C=O) groups excluding carboxylic acids is 2. The maximum Gasteiger partial charge on any atom is 0.344 e. The first-order chi connectivity index (χ1) is 15.0. The summed E-state index contributed by atoms with van der Waals surface area (Å²) in [6.07, 6.45) is -1.31. The summed E-state index contributed by atoms with van der Waals surface area (Å²) in [5.74, 6) is -1.64. The highest BCUT2D eigenvalue weighted by atomic mass is 79.9. The molecule has 0 spiro atoms. The second kappa shape index (κ2) is 7.47. The van der Waals surface area contributed by atoms with Crippen LogP contribution in [-0.4, -0.2) is 24.4 Å². The van der Waals surface area contributed by atoms with Crippen LogP contribution in [0.4, 0.5) is 0 Å². The summed E-state index contributed by atoms with van der Waals surface area (Å²) in [4.78, 5) is 38.9. The fourth-order valence-electron chi connectivity index (χ4n) is 4.02. The Labute approximate surface area is 184 Å². The quantitative estimate of drug-likeness (QED) is 0.455. The molecule has 1 amide bonds. The third kappa shape index (κ3) is 3.10. The van der Waals surface area contributed by atoms with Crippen molar-refractivity contribution >= 4 is 38.6 Å². The van der Waals surface area contributed by atoms with E-state index in [0.717, 1.165) is 4.47 Å². The number of ketones is 1. The van der Waals surface area contributed by atoms with E-state index in [0.29, 0.717) is 16.5 Å². The van der Waals surface area contributed by atoms with Crippen molar-refractivity contribution < 1.29 is 23.5 Å². The highest BCUT2D eigenvalue weighted by Gasteiger charge is 2.46. The minimum atomic E-state index is -1.31. The van der Waals surface area contributed by atoms with Gasteiger partial charge in [0.05, 0.1) is 22.4 Å². The number of amides is 1. The molecule has 3 aromatic rings. The summed E-state index contributed by atoms with van der Waals surface area (Å²) in [6.45, 7) is 1.88. The first kappa shape index (κ1) is 19.7. The minimum Gasteiger partial charge on any atom is -0.439 e. The van der Waals surface area contributed by atoms with E-state index >= 15 is 0 Å². The van der Waals surface area contributed by atoms with E-state index in [-0.39, 0.29) is 29.4 Å². The number of hydrogen-bond acceptors (Lipinski definition) is 6. The van der Waals surface area contributed by atoms with E-state index in [1.807, 2.05) is 24.3 Å². The Morgan fingerprint density at radius 1 is 1.06 bits per heavy atom. The third-order valence-corrected chi connectivity index (χ3v) is 5.87. The predicted molar refractivity (Wildman–Crippen MR) is 115 cm³/mol. The van der Waals surface area contributed by atoms with Crippen LogP contribution in [0.3, 0.4) is 0 Å². The zero-order valence-electron chi connectivity index (χ0n) is 16.3. The molecule has 8 heteroatoms. The number of hydrogen-bond donors (Lipinski definition) is 1. The first-order valence-corrected chi connectivity index (χ1v) is 10.5. The van der Waals surface area contributed by atoms with Crippen molar-refractivity contribution in [2.24, 2.45) is 0 Å². The molecule has 2 aliphatic heterocycles. The van der Waals surface area contributed by atoms with E-state index in [1.165, 1.54) is 0 Å². The van der Waals surface area contributed by atoms with Crippen molar-refractivity contribution in [2.45, 2.75) is 18.9 Å². The highest BCUT2D eigenvalue weighted by Crippen LogP contribution is 2.45. The largest absolute Gasteiger partial charge is 0.439 e. The van der Waals surface area contributed by atoms with Gasteiger partial charge in [-0.2, -0.15) is 0 Å². The molecule has 0 unspecified atom stereocenters. The molecule has 0 bridgehead atoms. The lowest BCUT2D eigenvalue weighted by Crippen LogP contribution is -2.51. The predicted octanol–water partition coefficient (Wildman–Crippen LogP) is 3.40. The van der Waals surface area contributed by atoms with Crippen LogP contribution in [0.15, 0.2) is 73.7 Å². The van der Waals surface area contributed by atoms with Gasteiger partial charge in [-0.1, -0.05) is 40.2 Å². The first-order valence-electron chi connectivity index (χ1n) is 9.69. The lowest BCUT2D eigenvalue weighted by molar-refractivity contribution is -0.143. The number of para-hydroxylation sites is 1. The molecule has 1 N–H and O–H groups in total. The van der Waals surface area contributed by atoms with E-state index in [4.69, 9.17) is 13.9 Å². The van der Waals surface area contributed by atoms with Gasteiger partial charge in [0.15, 0.2) is 11.9 Å². The van der Waals surface area contributed by atoms with Gasteiger partial charge in [0.1, 0.15) is 5.58 Å². The third-order valence-electron chi connectivity index (χ3n) is 5.34. The van der Waals surface area contributed by atoms with Crippen molar-refractivity contribution in [1.82, 2.24) is 5.32 Å². The molecule has 2 atom stereocenters. The monoisotopic (exact) mass is 481 g/mol. The van der Waals surface area contributed by atoms with Gasteiger partial charge in [-0.15, -0.1) is 0 Å². The maximum atomic E-state index is 13.3. The van der Waals surface area contributed by atoms with Gasteiger partial charge in [-0.3, -0.25) is 14.9 Å². The number of halogens is 1. The van der Waals surface area contributed by atoms with Crippen molar-refractivity contribution in [3.05, 3.63) is 86.0 Å². The van der Waals surface area contributed by atoms with Crippen LogP contribution in [0.5, 0.6) is 5.75 Å². The van der Waals surface area contributed by atoms with Gasteiger partial charge < -0.3 is 13.9 Å². The van der Waals surface area contributed by atoms with E-state index in [1.54, 1.807) is 31.2 Å². The van der Waals surface area contributed by atoms with Crippen molar-refractivity contribution in [1.29, 1.82) is 0 Å². The number of nitrogens with one attached hydrogen (secondary N) is 1. The molecule has 7 nitrogen and oxygen atoms in total. The molecule has 1 aromatic heterocycles. The summed E-state index contributed by atoms with van der Waals surface area (Å²) in [6, 6.07) is 14.2. The van der Waals surface area contributed by atoms with Gasteiger partial charge in [-0.25, -0.2) is 4.79 Å². The molecule has 0 aliphatic carbocycles. The summed E-state index contributed by atoms with van der Waals surface area (Å²) < 4.78 is 17.8. The summed E-state index contributed by atoms with van der Waals surface area (Å²) in [7, 11) is 0. The van der Waals surface area contributed by atoms with E-state index in [2.05, 4.69) is 21.2 Å². The molecular formula is C23H16BrNO6. The van der Waals surface area contributed by atoms with Crippen molar-refractivity contribution in [3.8, 4) is 5.75 Å². The molecule has 0 saturated carbocycles. The topological polar surface area (TPSA) is 94.8 Å². The molecule has 0 fully saturated rings. The molecule has 0 radical (unpaired) electrons. The second-order valence-electron chi connectivity index (χ2n) is 7.15. The fourth-order valence-corrected chi connectivity index (χ4v) is 4.28. The van der Waals surface area contributed by atoms with Crippen molar-refractivity contribution in [2.75, 3.05) is 6.61 Å². The molecule has 5 rings (SSSR count). The Hall–Kier alpha value is -3.23. The zero-order chi connectivity index (χ0) is 21.7. The van der Waals surface area contributed by atoms with Gasteiger partial charge in [0.2, 0.25) is 11.7 Å². The molecule has 2 aliphatic rings. The smallest absolute Gasteiger partial charge is 0.344 e. The van der Waals surface area contributed by atoms with Gasteiger partial charge in [0.25, 0.3) is 5.91 Å². The van der Waals surface area contributed by atoms with Gasteiger partial charge >= 0.3 is 5.63 Å². The van der Waals surface area contributed by atoms with Crippen LogP contribution in [0.25, 0.3) is 11.0 Å². The van der Waals surface area contributed by atoms with Crippen LogP contribution in [0.1, 0.15) is 24.0 Å². The Balaban J connectivity index is 1.81. The molecule has 156 valence electrons. The average Bonchev–Trinajstić information content (AvgIpc) is 2.76. The number of ether oxygens (including phenoxy) is 2. The highest BCUT2D eigenvalue weighted by molar-refractivity contribution is 9.10. The number of carbonyl (C=O) groups is 2. The zero-order valence-corrected chi connectivity index (χ0v) is 17.9. The van der Waals surface area contributed by atoms with Crippen LogP contribution < -0.4 is 15.7 Å². The Morgan fingerprint density at radius 2 is 1.81 bits per heavy atom. The Morgan fingerprint density at radius 3 is 2.55 bits per heavy atom. The number of fused-ring (bicyclic) bond motifs is 3. The fraction of sp³-hybridized carbons (Fsp3) is 0.174. The molecule has 0 saturated heterocycles. The molecule has 3 heterocycles. The van der Waals surface area contributed by atoms with Gasteiger partial charge in [0, 0.05) is 11.1 Å². The Kier molecular flexibility index (Phi) is 4.75. The van der Waals surface area contributed by atoms with E-state index in [9.17, 15) is 14.4 Å². The number of Topliss-reactive ketones (excluding diaryl/α,β-unsaturated/α-hetero) is 1. The number of benzene rings is 2. The normalized spacial score (nSPS) is 20.2. The van der Waals surface area contributed by atoms with Crippen LogP contribution in [-0.2, 0) is 14.3 Å². The van der Waals surface area contributed by atoms with Crippen molar-refractivity contribution in [3.63, 3.8) is 0 Å². The number of rotatable bonds is 3. The van der Waals surface area contributed by atoms with Crippen LogP contribution in [0.2, 0.25) is 0 Å². The molecule has 2 aromatic carbocycles. The summed E-state index contributed by atoms with van der Waals surface area (Å²) >= 11 is 3.41. The minimum absolute atomic E-state index is 0.0159. The standard InChI is InChI=1S/C23H16BrNO6/c1-2-29-20-18(26)16-15(11-7-9-12(24)10-8-11)17-19(31-22(16)25-21(20)27)13-5-3-4-6-14(13)30-23(17)28/h3-10,15,20H,2H2,1H3,(H,25,27)/t15-,20-/m1/s1. The second-order valence-corrected chi connectivity index (χ2v) is 8.06. The SMILES string of the molecule is CCO[C@H]1C(=O)NC2=C(C1=O)[C@@H](c1ccc(Br)cc1)c1c(c3ccccc3oc1=O)O2. The summed E-state index contributed by atoms with van der Waals surface area (Å²) in [5.41, 5.74) is 0.800. The molecular weight excluding hydrogens is 466 g/mol. The average molecular weight is 482 g/mol. The lowest BCUT2D eigenvalue weighted by atomic mass is 9.79. The van der Waals surface area contributed by atoms with E-state index < -0.39 is 29.3 Å². The van der Waals surface area contributed by atoms with Crippen LogP contribution in [0, 0.1) is 0 Å². The van der Waals surface area contributed by atoms with Gasteiger partial charge in [-0.05, 0) is 36.8 Å². The Bertz CT molecular complexity index is 1320. The molecule has 31 heavy (non-hydrogen) atoms. The lowest BCUT2D eigenvalue weighted by Gasteiger charge is -2.34. The maximum absolute atomic E-state index is 13.3. The van der Waals surface area contributed by atoms with Crippen LogP contribution >= 0.6 is 15.9 Å².